The number of benzene rings is 1. The van der Waals surface area contributed by atoms with Crippen molar-refractivity contribution in [1.82, 2.24) is 34.9 Å². The van der Waals surface area contributed by atoms with Crippen LogP contribution in [0, 0.1) is 0 Å². The maximum atomic E-state index is 13.0. The van der Waals surface area contributed by atoms with E-state index in [9.17, 15) is 22.8 Å². The number of carbonyl (C=O) groups is 2. The summed E-state index contributed by atoms with van der Waals surface area (Å²) in [5.41, 5.74) is 7.17. The normalized spacial score (nSPS) is 15.6. The third-order valence-electron chi connectivity index (χ3n) is 6.67. The molecule has 0 radical (unpaired) electrons. The van der Waals surface area contributed by atoms with Gasteiger partial charge in [0.2, 0.25) is 5.91 Å². The number of hydrogen-bond acceptors (Lipinski definition) is 8. The van der Waals surface area contributed by atoms with Crippen molar-refractivity contribution in [3.63, 3.8) is 0 Å². The van der Waals surface area contributed by atoms with Crippen LogP contribution in [-0.4, -0.2) is 68.1 Å². The number of likely N-dealkylation sites (N-methyl/N-ethyl adjacent to an activating group) is 1. The van der Waals surface area contributed by atoms with Gasteiger partial charge in [-0.2, -0.15) is 18.3 Å². The number of carbonyl (C=O) groups excluding carboxylic acids is 2. The lowest BCUT2D eigenvalue weighted by molar-refractivity contribution is -0.137. The summed E-state index contributed by atoms with van der Waals surface area (Å²) in [7, 11) is 1.80. The van der Waals surface area contributed by atoms with E-state index in [1.807, 2.05) is 0 Å². The molecule has 1 aliphatic heterocycles. The molecule has 4 aromatic rings. The van der Waals surface area contributed by atoms with E-state index < -0.39 is 17.6 Å². The molecule has 1 atom stereocenters. The lowest BCUT2D eigenvalue weighted by Gasteiger charge is -2.15. The number of pyridine rings is 1. The maximum Gasteiger partial charge on any atom is 0.416 e. The molecular weight excluding hydrogens is 539 g/mol. The van der Waals surface area contributed by atoms with Crippen molar-refractivity contribution in [2.45, 2.75) is 18.6 Å². The Morgan fingerprint density at radius 1 is 1.15 bits per heavy atom. The molecule has 5 rings (SSSR count). The van der Waals surface area contributed by atoms with Crippen LogP contribution in [0.5, 0.6) is 0 Å². The Bertz CT molecular complexity index is 1620. The largest absolute Gasteiger partial charge is 0.416 e. The third-order valence-corrected chi connectivity index (χ3v) is 6.67. The van der Waals surface area contributed by atoms with Crippen molar-refractivity contribution in [3.8, 4) is 11.3 Å². The Kier molecular flexibility index (Phi) is 7.66. The van der Waals surface area contributed by atoms with Crippen LogP contribution >= 0.6 is 0 Å². The van der Waals surface area contributed by atoms with Crippen molar-refractivity contribution in [2.24, 2.45) is 0 Å². The van der Waals surface area contributed by atoms with Gasteiger partial charge in [0.25, 0.3) is 5.91 Å². The summed E-state index contributed by atoms with van der Waals surface area (Å²) in [4.78, 5) is 39.3. The fourth-order valence-electron chi connectivity index (χ4n) is 4.62. The number of halogens is 3. The van der Waals surface area contributed by atoms with Gasteiger partial charge >= 0.3 is 6.18 Å². The van der Waals surface area contributed by atoms with Crippen LogP contribution in [0.4, 0.5) is 24.8 Å². The fourth-order valence-corrected chi connectivity index (χ4v) is 4.62. The average Bonchev–Trinajstić information content (AvgIpc) is 3.59. The highest BCUT2D eigenvalue weighted by Gasteiger charge is 2.31. The first-order valence-corrected chi connectivity index (χ1v) is 12.7. The second-order valence-corrected chi connectivity index (χ2v) is 9.40. The molecule has 41 heavy (non-hydrogen) atoms. The molecule has 3 aromatic heterocycles. The Morgan fingerprint density at radius 3 is 2.66 bits per heavy atom. The summed E-state index contributed by atoms with van der Waals surface area (Å²) < 4.78 is 40.7. The highest BCUT2D eigenvalue weighted by Crippen LogP contribution is 2.34. The number of fused-ring (bicyclic) bond motifs is 1. The molecule has 0 spiro atoms. The molecule has 1 aromatic carbocycles. The number of rotatable bonds is 7. The van der Waals surface area contributed by atoms with E-state index in [0.29, 0.717) is 48.3 Å². The van der Waals surface area contributed by atoms with Gasteiger partial charge in [0.1, 0.15) is 23.7 Å². The number of likely N-dealkylation sites (tertiary alicyclic amines) is 1. The second kappa shape index (κ2) is 11.3. The van der Waals surface area contributed by atoms with Gasteiger partial charge in [0.05, 0.1) is 17.0 Å². The molecule has 4 heterocycles. The summed E-state index contributed by atoms with van der Waals surface area (Å²) in [5.74, 6) is -0.691. The summed E-state index contributed by atoms with van der Waals surface area (Å²) in [6, 6.07) is 7.82. The number of alkyl halides is 3. The first-order chi connectivity index (χ1) is 19.7. The zero-order chi connectivity index (χ0) is 29.1. The fraction of sp³-hybridized carbons (Fsp3) is 0.259. The van der Waals surface area contributed by atoms with Crippen molar-refractivity contribution >= 4 is 34.5 Å². The van der Waals surface area contributed by atoms with E-state index in [0.717, 1.165) is 18.3 Å². The molecule has 0 aliphatic carbocycles. The zero-order valence-electron chi connectivity index (χ0n) is 21.9. The van der Waals surface area contributed by atoms with E-state index in [4.69, 9.17) is 10.8 Å². The van der Waals surface area contributed by atoms with Crippen LogP contribution in [0.3, 0.4) is 0 Å². The highest BCUT2D eigenvalue weighted by molar-refractivity contribution is 6.04. The summed E-state index contributed by atoms with van der Waals surface area (Å²) >= 11 is 0. The summed E-state index contributed by atoms with van der Waals surface area (Å²) in [6.07, 6.45) is 1.77. The van der Waals surface area contributed by atoms with Crippen LogP contribution in [0.2, 0.25) is 0 Å². The minimum Gasteiger partial charge on any atom is -0.383 e. The smallest absolute Gasteiger partial charge is 0.383 e. The molecule has 11 nitrogen and oxygen atoms in total. The van der Waals surface area contributed by atoms with Crippen molar-refractivity contribution in [2.75, 3.05) is 37.7 Å². The SMILES string of the molecule is CNCC=CC(=O)N1CC[C@@H](n2nc(-c3ccc(C(=O)Nc4cc(C(F)(F)F)ccn4)cc3)c3c(N)ncnc32)C1. The number of nitrogens with zero attached hydrogens (tertiary/aromatic N) is 6. The lowest BCUT2D eigenvalue weighted by Crippen LogP contribution is -2.27. The second-order valence-electron chi connectivity index (χ2n) is 9.40. The minimum atomic E-state index is -4.56. The predicted molar refractivity (Wildman–Crippen MR) is 146 cm³/mol. The topological polar surface area (TPSA) is 144 Å². The quantitative estimate of drug-likeness (QED) is 0.290. The molecule has 1 saturated heterocycles. The van der Waals surface area contributed by atoms with Gasteiger partial charge in [-0.05, 0) is 37.7 Å². The van der Waals surface area contributed by atoms with Gasteiger partial charge < -0.3 is 21.3 Å². The molecule has 0 saturated carbocycles. The highest BCUT2D eigenvalue weighted by atomic mass is 19.4. The van der Waals surface area contributed by atoms with Gasteiger partial charge in [0, 0.05) is 43.0 Å². The van der Waals surface area contributed by atoms with Crippen molar-refractivity contribution in [1.29, 1.82) is 0 Å². The standard InChI is InChI=1S/C27H26F3N9O2/c1-32-10-2-3-21(40)38-12-9-19(14-38)39-25-22(24(31)34-15-35-25)23(37-39)16-4-6-17(7-5-16)26(41)36-20-13-18(8-11-33-20)27(28,29)30/h2-8,11,13,15,19,32H,9-10,12,14H2,1H3,(H2,31,34,35)(H,33,36,41)/t19-/m1/s1. The Morgan fingerprint density at radius 2 is 1.93 bits per heavy atom. The van der Waals surface area contributed by atoms with E-state index in [-0.39, 0.29) is 29.1 Å². The summed E-state index contributed by atoms with van der Waals surface area (Å²) in [5, 5.41) is 10.7. The molecule has 1 aliphatic rings. The van der Waals surface area contributed by atoms with E-state index >= 15 is 0 Å². The van der Waals surface area contributed by atoms with Gasteiger partial charge in [-0.25, -0.2) is 19.6 Å². The van der Waals surface area contributed by atoms with Crippen molar-refractivity contribution in [3.05, 3.63) is 72.2 Å². The predicted octanol–water partition coefficient (Wildman–Crippen LogP) is 3.29. The Balaban J connectivity index is 1.38. The summed E-state index contributed by atoms with van der Waals surface area (Å²) in [6.45, 7) is 1.61. The molecule has 212 valence electrons. The number of amides is 2. The average molecular weight is 566 g/mol. The van der Waals surface area contributed by atoms with Crippen LogP contribution in [0.15, 0.2) is 61.1 Å². The molecule has 4 N–H and O–H groups in total. The monoisotopic (exact) mass is 565 g/mol. The van der Waals surface area contributed by atoms with Crippen LogP contribution in [0.25, 0.3) is 22.3 Å². The van der Waals surface area contributed by atoms with E-state index in [2.05, 4.69) is 25.6 Å². The molecule has 14 heteroatoms. The Hall–Kier alpha value is -4.85. The van der Waals surface area contributed by atoms with Gasteiger partial charge in [-0.15, -0.1) is 0 Å². The molecule has 2 amide bonds. The van der Waals surface area contributed by atoms with Gasteiger partial charge in [0.15, 0.2) is 5.65 Å². The number of aromatic nitrogens is 5. The van der Waals surface area contributed by atoms with Crippen molar-refractivity contribution < 1.29 is 22.8 Å². The first kappa shape index (κ1) is 27.7. The number of nitrogens with one attached hydrogen (secondary N) is 2. The molecule has 0 unspecified atom stereocenters. The number of hydrogen-bond donors (Lipinski definition) is 3. The van der Waals surface area contributed by atoms with Gasteiger partial charge in [-0.3, -0.25) is 9.59 Å². The molecule has 0 bridgehead atoms. The lowest BCUT2D eigenvalue weighted by atomic mass is 10.1. The number of anilines is 2. The van der Waals surface area contributed by atoms with E-state index in [1.165, 1.54) is 18.5 Å². The molecule has 1 fully saturated rings. The number of nitrogen functional groups attached to an aromatic ring is 1. The number of nitrogens with two attached hydrogens (primary N) is 1. The molecular formula is C27H26F3N9O2. The first-order valence-electron chi connectivity index (χ1n) is 12.7. The van der Waals surface area contributed by atoms with Crippen LogP contribution < -0.4 is 16.4 Å². The zero-order valence-corrected chi connectivity index (χ0v) is 21.9. The van der Waals surface area contributed by atoms with E-state index in [1.54, 1.807) is 40.9 Å². The van der Waals surface area contributed by atoms with Crippen LogP contribution in [0.1, 0.15) is 28.4 Å². The van der Waals surface area contributed by atoms with Gasteiger partial charge in [-0.1, -0.05) is 18.2 Å². The Labute approximate surface area is 232 Å². The maximum absolute atomic E-state index is 13.0. The van der Waals surface area contributed by atoms with Crippen LogP contribution in [-0.2, 0) is 11.0 Å². The minimum absolute atomic E-state index is 0.0808. The third kappa shape index (κ3) is 5.87.